The maximum Gasteiger partial charge on any atom is 0.240 e. The molecule has 0 atom stereocenters. The molecule has 0 saturated carbocycles. The van der Waals surface area contributed by atoms with Crippen LogP contribution in [0, 0.1) is 0 Å². The van der Waals surface area contributed by atoms with Crippen molar-refractivity contribution in [3.8, 4) is 27.5 Å². The van der Waals surface area contributed by atoms with E-state index in [1.165, 1.54) is 6.07 Å². The standard InChI is InChI=1S/C19H14ClN3O2S2/c20-14-9-7-13(8-10-14)15-12-17(18-5-3-11-26-18)23(22-15)16-4-1-2-6-19(16)27(21,24)25/h1-12H,(H2,21,24,25). The molecule has 0 amide bonds. The van der Waals surface area contributed by atoms with Gasteiger partial charge in [0.2, 0.25) is 10.0 Å². The minimum absolute atomic E-state index is 0.0218. The number of nitrogens with two attached hydrogens (primary N) is 1. The molecule has 0 aliphatic heterocycles. The Balaban J connectivity index is 1.97. The summed E-state index contributed by atoms with van der Waals surface area (Å²) in [6.07, 6.45) is 0. The van der Waals surface area contributed by atoms with Crippen molar-refractivity contribution in [1.82, 2.24) is 9.78 Å². The topological polar surface area (TPSA) is 78.0 Å². The molecule has 0 bridgehead atoms. The number of sulfonamides is 1. The van der Waals surface area contributed by atoms with Crippen LogP contribution in [0.2, 0.25) is 5.02 Å². The van der Waals surface area contributed by atoms with Gasteiger partial charge >= 0.3 is 0 Å². The number of aromatic nitrogens is 2. The van der Waals surface area contributed by atoms with Gasteiger partial charge in [0.1, 0.15) is 4.90 Å². The van der Waals surface area contributed by atoms with E-state index in [1.807, 2.05) is 35.7 Å². The fourth-order valence-corrected chi connectivity index (χ4v) is 4.37. The number of halogens is 1. The van der Waals surface area contributed by atoms with Crippen LogP contribution in [0.5, 0.6) is 0 Å². The second-order valence-electron chi connectivity index (χ2n) is 5.82. The van der Waals surface area contributed by atoms with Crippen molar-refractivity contribution in [2.24, 2.45) is 5.14 Å². The molecule has 2 aromatic heterocycles. The van der Waals surface area contributed by atoms with Gasteiger partial charge in [-0.3, -0.25) is 0 Å². The van der Waals surface area contributed by atoms with Crippen LogP contribution in [0.25, 0.3) is 27.5 Å². The molecule has 0 saturated heterocycles. The largest absolute Gasteiger partial charge is 0.240 e. The Hall–Kier alpha value is -2.45. The molecular formula is C19H14ClN3O2S2. The highest BCUT2D eigenvalue weighted by atomic mass is 35.5. The van der Waals surface area contributed by atoms with Crippen LogP contribution < -0.4 is 5.14 Å². The average Bonchev–Trinajstić information content (AvgIpc) is 3.31. The molecule has 0 aliphatic carbocycles. The molecule has 27 heavy (non-hydrogen) atoms. The third kappa shape index (κ3) is 3.54. The molecule has 136 valence electrons. The third-order valence-corrected chi connectivity index (χ3v) is 6.13. The number of primary sulfonamides is 1. The van der Waals surface area contributed by atoms with Crippen molar-refractivity contribution < 1.29 is 8.42 Å². The van der Waals surface area contributed by atoms with Crippen LogP contribution in [0.3, 0.4) is 0 Å². The van der Waals surface area contributed by atoms with Crippen LogP contribution in [-0.4, -0.2) is 18.2 Å². The maximum absolute atomic E-state index is 12.1. The summed E-state index contributed by atoms with van der Waals surface area (Å²) in [7, 11) is -3.90. The van der Waals surface area contributed by atoms with E-state index in [4.69, 9.17) is 16.7 Å². The van der Waals surface area contributed by atoms with E-state index in [9.17, 15) is 8.42 Å². The van der Waals surface area contributed by atoms with Crippen LogP contribution in [0.15, 0.2) is 77.0 Å². The molecule has 0 fully saturated rings. The predicted octanol–water partition coefficient (Wildman–Crippen LogP) is 4.57. The number of para-hydroxylation sites is 1. The van der Waals surface area contributed by atoms with Gasteiger partial charge in [0, 0.05) is 10.6 Å². The van der Waals surface area contributed by atoms with Crippen molar-refractivity contribution in [1.29, 1.82) is 0 Å². The summed E-state index contributed by atoms with van der Waals surface area (Å²) in [4.78, 5) is 0.987. The Morgan fingerprint density at radius 3 is 2.41 bits per heavy atom. The summed E-state index contributed by atoms with van der Waals surface area (Å²) < 4.78 is 25.7. The Labute approximate surface area is 165 Å². The number of nitrogens with zero attached hydrogens (tertiary/aromatic N) is 2. The lowest BCUT2D eigenvalue weighted by atomic mass is 10.1. The summed E-state index contributed by atoms with van der Waals surface area (Å²) in [5.41, 5.74) is 2.78. The zero-order valence-electron chi connectivity index (χ0n) is 13.9. The Morgan fingerprint density at radius 2 is 1.74 bits per heavy atom. The SMILES string of the molecule is NS(=O)(=O)c1ccccc1-n1nc(-c2ccc(Cl)cc2)cc1-c1cccs1. The van der Waals surface area contributed by atoms with E-state index in [2.05, 4.69) is 5.10 Å². The fraction of sp³-hybridized carbons (Fsp3) is 0. The molecule has 5 nitrogen and oxygen atoms in total. The van der Waals surface area contributed by atoms with Crippen molar-refractivity contribution in [2.75, 3.05) is 0 Å². The van der Waals surface area contributed by atoms with E-state index >= 15 is 0 Å². The monoisotopic (exact) mass is 415 g/mol. The van der Waals surface area contributed by atoms with Gasteiger partial charge < -0.3 is 0 Å². The second-order valence-corrected chi connectivity index (χ2v) is 8.74. The lowest BCUT2D eigenvalue weighted by Crippen LogP contribution is -2.16. The summed E-state index contributed by atoms with van der Waals surface area (Å²) in [6, 6.07) is 19.7. The molecular weight excluding hydrogens is 402 g/mol. The summed E-state index contributed by atoms with van der Waals surface area (Å²) >= 11 is 7.53. The summed E-state index contributed by atoms with van der Waals surface area (Å²) in [5, 5.41) is 12.7. The highest BCUT2D eigenvalue weighted by Gasteiger charge is 2.20. The van der Waals surface area contributed by atoms with E-state index in [-0.39, 0.29) is 4.90 Å². The van der Waals surface area contributed by atoms with E-state index in [0.29, 0.717) is 16.4 Å². The molecule has 0 aliphatic rings. The normalized spacial score (nSPS) is 11.6. The minimum atomic E-state index is -3.90. The first kappa shape index (κ1) is 17.9. The Bertz CT molecular complexity index is 1200. The minimum Gasteiger partial charge on any atom is -0.230 e. The molecule has 0 radical (unpaired) electrons. The van der Waals surface area contributed by atoms with Crippen LogP contribution >= 0.6 is 22.9 Å². The second kappa shape index (κ2) is 6.94. The smallest absolute Gasteiger partial charge is 0.230 e. The first-order valence-electron chi connectivity index (χ1n) is 7.95. The Morgan fingerprint density at radius 1 is 1.00 bits per heavy atom. The van der Waals surface area contributed by atoms with Crippen LogP contribution in [0.1, 0.15) is 0 Å². The van der Waals surface area contributed by atoms with Crippen molar-refractivity contribution in [2.45, 2.75) is 4.90 Å². The lowest BCUT2D eigenvalue weighted by Gasteiger charge is -2.10. The van der Waals surface area contributed by atoms with Crippen LogP contribution in [0.4, 0.5) is 0 Å². The van der Waals surface area contributed by atoms with Gasteiger partial charge in [-0.1, -0.05) is 41.9 Å². The van der Waals surface area contributed by atoms with E-state index in [0.717, 1.165) is 16.1 Å². The van der Waals surface area contributed by atoms with Gasteiger partial charge in [-0.15, -0.1) is 11.3 Å². The van der Waals surface area contributed by atoms with Crippen LogP contribution in [-0.2, 0) is 10.0 Å². The zero-order valence-corrected chi connectivity index (χ0v) is 16.3. The van der Waals surface area contributed by atoms with Crippen molar-refractivity contribution in [3.63, 3.8) is 0 Å². The maximum atomic E-state index is 12.1. The number of benzene rings is 2. The third-order valence-electron chi connectivity index (χ3n) is 4.02. The molecule has 0 spiro atoms. The molecule has 8 heteroatoms. The van der Waals surface area contributed by atoms with Crippen molar-refractivity contribution in [3.05, 3.63) is 77.1 Å². The first-order valence-corrected chi connectivity index (χ1v) is 10.8. The highest BCUT2D eigenvalue weighted by molar-refractivity contribution is 7.89. The fourth-order valence-electron chi connectivity index (χ4n) is 2.80. The summed E-state index contributed by atoms with van der Waals surface area (Å²) in [6.45, 7) is 0. The number of hydrogen-bond donors (Lipinski definition) is 1. The van der Waals surface area contributed by atoms with E-state index < -0.39 is 10.0 Å². The van der Waals surface area contributed by atoms with Gasteiger partial charge in [-0.2, -0.15) is 5.10 Å². The number of hydrogen-bond acceptors (Lipinski definition) is 4. The van der Waals surface area contributed by atoms with E-state index in [1.54, 1.807) is 46.4 Å². The molecule has 2 N–H and O–H groups in total. The van der Waals surface area contributed by atoms with Gasteiger partial charge in [0.25, 0.3) is 0 Å². The molecule has 4 rings (SSSR count). The van der Waals surface area contributed by atoms with Gasteiger partial charge in [-0.05, 0) is 41.8 Å². The van der Waals surface area contributed by atoms with Gasteiger partial charge in [-0.25, -0.2) is 18.2 Å². The molecule has 4 aromatic rings. The quantitative estimate of drug-likeness (QED) is 0.530. The average molecular weight is 416 g/mol. The van der Waals surface area contributed by atoms with Gasteiger partial charge in [0.05, 0.1) is 22.0 Å². The molecule has 2 aromatic carbocycles. The first-order chi connectivity index (χ1) is 12.9. The summed E-state index contributed by atoms with van der Waals surface area (Å²) in [5.74, 6) is 0. The molecule has 0 unspecified atom stereocenters. The number of thiophene rings is 1. The lowest BCUT2D eigenvalue weighted by molar-refractivity contribution is 0.596. The Kier molecular flexibility index (Phi) is 4.61. The van der Waals surface area contributed by atoms with Gasteiger partial charge in [0.15, 0.2) is 0 Å². The zero-order chi connectivity index (χ0) is 19.0. The molecule has 2 heterocycles. The predicted molar refractivity (Wildman–Crippen MR) is 109 cm³/mol. The van der Waals surface area contributed by atoms with Crippen molar-refractivity contribution >= 4 is 33.0 Å². The highest BCUT2D eigenvalue weighted by Crippen LogP contribution is 2.33. The number of rotatable bonds is 4.